The SMILES string of the molecule is CCNC(=O)[C@@H](Cc1ccccc1)N(Cc1cccc(OC)c1)C(=O)COc1cc(C)cc(C)c1. The van der Waals surface area contributed by atoms with E-state index in [0.717, 1.165) is 22.3 Å². The molecule has 0 fully saturated rings. The molecular weight excluding hydrogens is 440 g/mol. The van der Waals surface area contributed by atoms with Crippen molar-refractivity contribution in [3.05, 3.63) is 95.1 Å². The Hall–Kier alpha value is -3.80. The molecule has 0 heterocycles. The summed E-state index contributed by atoms with van der Waals surface area (Å²) in [4.78, 5) is 28.4. The molecule has 6 nitrogen and oxygen atoms in total. The first-order chi connectivity index (χ1) is 16.9. The Labute approximate surface area is 207 Å². The number of aryl methyl sites for hydroxylation is 2. The summed E-state index contributed by atoms with van der Waals surface area (Å²) in [6.07, 6.45) is 0.395. The fourth-order valence-corrected chi connectivity index (χ4v) is 4.06. The van der Waals surface area contributed by atoms with Gasteiger partial charge in [0.15, 0.2) is 6.61 Å². The van der Waals surface area contributed by atoms with Crippen molar-refractivity contribution in [2.24, 2.45) is 0 Å². The van der Waals surface area contributed by atoms with Crippen LogP contribution in [0, 0.1) is 13.8 Å². The van der Waals surface area contributed by atoms with Crippen molar-refractivity contribution in [3.63, 3.8) is 0 Å². The Morgan fingerprint density at radius 2 is 1.57 bits per heavy atom. The number of ether oxygens (including phenoxy) is 2. The van der Waals surface area contributed by atoms with Gasteiger partial charge >= 0.3 is 0 Å². The van der Waals surface area contributed by atoms with Crippen LogP contribution >= 0.6 is 0 Å². The molecule has 0 bridgehead atoms. The summed E-state index contributed by atoms with van der Waals surface area (Å²) in [7, 11) is 1.60. The van der Waals surface area contributed by atoms with Gasteiger partial charge in [0.2, 0.25) is 5.91 Å². The highest BCUT2D eigenvalue weighted by Gasteiger charge is 2.30. The fourth-order valence-electron chi connectivity index (χ4n) is 4.06. The normalized spacial score (nSPS) is 11.4. The number of benzene rings is 3. The molecule has 0 saturated heterocycles. The lowest BCUT2D eigenvalue weighted by Crippen LogP contribution is -2.51. The topological polar surface area (TPSA) is 67.9 Å². The number of nitrogens with zero attached hydrogens (tertiary/aromatic N) is 1. The third-order valence-electron chi connectivity index (χ3n) is 5.67. The van der Waals surface area contributed by atoms with E-state index >= 15 is 0 Å². The van der Waals surface area contributed by atoms with E-state index in [1.807, 2.05) is 87.5 Å². The second-order valence-electron chi connectivity index (χ2n) is 8.59. The molecule has 0 aliphatic rings. The van der Waals surface area contributed by atoms with E-state index in [2.05, 4.69) is 11.4 Å². The van der Waals surface area contributed by atoms with Crippen molar-refractivity contribution < 1.29 is 19.1 Å². The van der Waals surface area contributed by atoms with Gasteiger partial charge in [-0.1, -0.05) is 48.5 Å². The number of hydrogen-bond acceptors (Lipinski definition) is 4. The van der Waals surface area contributed by atoms with Crippen molar-refractivity contribution >= 4 is 11.8 Å². The summed E-state index contributed by atoms with van der Waals surface area (Å²) in [6.45, 7) is 6.40. The quantitative estimate of drug-likeness (QED) is 0.445. The number of carbonyl (C=O) groups excluding carboxylic acids is 2. The zero-order valence-electron chi connectivity index (χ0n) is 20.9. The highest BCUT2D eigenvalue weighted by atomic mass is 16.5. The second kappa shape index (κ2) is 12.6. The first kappa shape index (κ1) is 25.8. The van der Waals surface area contributed by atoms with E-state index in [0.29, 0.717) is 24.5 Å². The maximum absolute atomic E-state index is 13.6. The molecule has 35 heavy (non-hydrogen) atoms. The average molecular weight is 475 g/mol. The van der Waals surface area contributed by atoms with Crippen molar-refractivity contribution in [2.45, 2.75) is 39.8 Å². The minimum Gasteiger partial charge on any atom is -0.497 e. The largest absolute Gasteiger partial charge is 0.497 e. The number of nitrogens with one attached hydrogen (secondary N) is 1. The Balaban J connectivity index is 1.91. The van der Waals surface area contributed by atoms with Crippen molar-refractivity contribution in [3.8, 4) is 11.5 Å². The van der Waals surface area contributed by atoms with Gasteiger partial charge in [-0.25, -0.2) is 0 Å². The lowest BCUT2D eigenvalue weighted by molar-refractivity contribution is -0.142. The van der Waals surface area contributed by atoms with Crippen LogP contribution in [-0.4, -0.2) is 43.0 Å². The van der Waals surface area contributed by atoms with Gasteiger partial charge in [-0.05, 0) is 67.3 Å². The second-order valence-corrected chi connectivity index (χ2v) is 8.59. The maximum Gasteiger partial charge on any atom is 0.261 e. The summed E-state index contributed by atoms with van der Waals surface area (Å²) in [5.41, 5.74) is 3.96. The van der Waals surface area contributed by atoms with E-state index in [1.165, 1.54) is 0 Å². The molecule has 1 N–H and O–H groups in total. The van der Waals surface area contributed by atoms with Crippen LogP contribution in [0.4, 0.5) is 0 Å². The smallest absolute Gasteiger partial charge is 0.261 e. The lowest BCUT2D eigenvalue weighted by Gasteiger charge is -2.31. The highest BCUT2D eigenvalue weighted by molar-refractivity contribution is 5.88. The predicted octanol–water partition coefficient (Wildman–Crippen LogP) is 4.47. The van der Waals surface area contributed by atoms with Gasteiger partial charge in [-0.3, -0.25) is 9.59 Å². The number of methoxy groups -OCH3 is 1. The lowest BCUT2D eigenvalue weighted by atomic mass is 10.0. The van der Waals surface area contributed by atoms with Gasteiger partial charge in [0.05, 0.1) is 7.11 Å². The molecule has 0 unspecified atom stereocenters. The van der Waals surface area contributed by atoms with Crippen LogP contribution in [0.1, 0.15) is 29.2 Å². The average Bonchev–Trinajstić information content (AvgIpc) is 2.85. The molecule has 3 rings (SSSR count). The minimum atomic E-state index is -0.695. The predicted molar refractivity (Wildman–Crippen MR) is 138 cm³/mol. The van der Waals surface area contributed by atoms with Crippen LogP contribution in [0.25, 0.3) is 0 Å². The van der Waals surface area contributed by atoms with Crippen LogP contribution in [-0.2, 0) is 22.6 Å². The number of amides is 2. The van der Waals surface area contributed by atoms with Crippen molar-refractivity contribution in [1.82, 2.24) is 10.2 Å². The Morgan fingerprint density at radius 3 is 2.23 bits per heavy atom. The zero-order chi connectivity index (χ0) is 25.2. The molecule has 0 aromatic heterocycles. The van der Waals surface area contributed by atoms with Gasteiger partial charge in [-0.2, -0.15) is 0 Å². The van der Waals surface area contributed by atoms with Gasteiger partial charge < -0.3 is 19.7 Å². The van der Waals surface area contributed by atoms with Crippen LogP contribution < -0.4 is 14.8 Å². The maximum atomic E-state index is 13.6. The molecule has 1 atom stereocenters. The van der Waals surface area contributed by atoms with Crippen LogP contribution in [0.2, 0.25) is 0 Å². The van der Waals surface area contributed by atoms with Crippen molar-refractivity contribution in [2.75, 3.05) is 20.3 Å². The van der Waals surface area contributed by atoms with Gasteiger partial charge in [-0.15, -0.1) is 0 Å². The van der Waals surface area contributed by atoms with Crippen LogP contribution in [0.3, 0.4) is 0 Å². The molecule has 0 aliphatic carbocycles. The van der Waals surface area contributed by atoms with Gasteiger partial charge in [0.25, 0.3) is 5.91 Å². The summed E-state index contributed by atoms with van der Waals surface area (Å²) in [5.74, 6) is 0.868. The van der Waals surface area contributed by atoms with E-state index in [-0.39, 0.29) is 25.0 Å². The van der Waals surface area contributed by atoms with E-state index < -0.39 is 6.04 Å². The zero-order valence-corrected chi connectivity index (χ0v) is 20.9. The molecule has 2 amide bonds. The first-order valence-corrected chi connectivity index (χ1v) is 11.8. The van der Waals surface area contributed by atoms with E-state index in [4.69, 9.17) is 9.47 Å². The summed E-state index contributed by atoms with van der Waals surface area (Å²) in [5, 5.41) is 2.90. The standard InChI is InChI=1S/C29H34N2O4/c1-5-30-29(33)27(18-23-10-7-6-8-11-23)31(19-24-12-9-13-25(17-24)34-4)28(32)20-35-26-15-21(2)14-22(3)16-26/h6-17,27H,5,18-20H2,1-4H3,(H,30,33)/t27-/m1/s1. The van der Waals surface area contributed by atoms with Gasteiger partial charge in [0.1, 0.15) is 17.5 Å². The number of likely N-dealkylation sites (N-methyl/N-ethyl adjacent to an activating group) is 1. The third kappa shape index (κ3) is 7.60. The molecule has 3 aromatic carbocycles. The monoisotopic (exact) mass is 474 g/mol. The molecule has 0 spiro atoms. The van der Waals surface area contributed by atoms with Gasteiger partial charge in [0, 0.05) is 19.5 Å². The highest BCUT2D eigenvalue weighted by Crippen LogP contribution is 2.20. The summed E-state index contributed by atoms with van der Waals surface area (Å²) < 4.78 is 11.2. The van der Waals surface area contributed by atoms with E-state index in [1.54, 1.807) is 12.0 Å². The minimum absolute atomic E-state index is 0.169. The van der Waals surface area contributed by atoms with E-state index in [9.17, 15) is 9.59 Å². The number of hydrogen-bond donors (Lipinski definition) is 1. The molecule has 184 valence electrons. The molecule has 0 aliphatic heterocycles. The number of carbonyl (C=O) groups is 2. The Morgan fingerprint density at radius 1 is 0.886 bits per heavy atom. The molecule has 3 aromatic rings. The molecular formula is C29H34N2O4. The first-order valence-electron chi connectivity index (χ1n) is 11.8. The third-order valence-corrected chi connectivity index (χ3v) is 5.67. The molecule has 6 heteroatoms. The summed E-state index contributed by atoms with van der Waals surface area (Å²) >= 11 is 0. The Bertz CT molecular complexity index is 1110. The fraction of sp³-hybridized carbons (Fsp3) is 0.310. The van der Waals surface area contributed by atoms with Crippen molar-refractivity contribution in [1.29, 1.82) is 0 Å². The van der Waals surface area contributed by atoms with Crippen LogP contribution in [0.5, 0.6) is 11.5 Å². The summed E-state index contributed by atoms with van der Waals surface area (Å²) in [6, 6.07) is 22.4. The number of rotatable bonds is 11. The Kier molecular flexibility index (Phi) is 9.30. The van der Waals surface area contributed by atoms with Crippen LogP contribution in [0.15, 0.2) is 72.8 Å². The molecule has 0 saturated carbocycles. The molecule has 0 radical (unpaired) electrons.